The highest BCUT2D eigenvalue weighted by atomic mass is 127. The van der Waals surface area contributed by atoms with Crippen molar-refractivity contribution in [1.82, 2.24) is 24.7 Å². The van der Waals surface area contributed by atoms with Crippen LogP contribution in [0.5, 0.6) is 0 Å². The van der Waals surface area contributed by atoms with Crippen LogP contribution in [0.15, 0.2) is 41.9 Å². The van der Waals surface area contributed by atoms with E-state index in [1.54, 1.807) is 30.1 Å². The molecule has 166 valence electrons. The summed E-state index contributed by atoms with van der Waals surface area (Å²) in [7, 11) is 1.62. The van der Waals surface area contributed by atoms with Gasteiger partial charge < -0.3 is 14.8 Å². The first-order valence-electron chi connectivity index (χ1n) is 9.32. The number of hydrogen-bond donors (Lipinski definition) is 1. The molecule has 30 heavy (non-hydrogen) atoms. The van der Waals surface area contributed by atoms with Gasteiger partial charge in [0.05, 0.1) is 12.0 Å². The number of nitrogens with one attached hydrogen (secondary N) is 1. The molecule has 1 N–H and O–H groups in total. The zero-order chi connectivity index (χ0) is 21.0. The van der Waals surface area contributed by atoms with Gasteiger partial charge in [0, 0.05) is 52.2 Å². The second kappa shape index (κ2) is 10.4. The smallest absolute Gasteiger partial charge is 0.352 e. The minimum atomic E-state index is -4.23. The maximum absolute atomic E-state index is 14.4. The number of nitrogens with zero attached hydrogens (tertiary/aromatic N) is 5. The molecule has 1 aliphatic rings. The lowest BCUT2D eigenvalue weighted by Gasteiger charge is -2.39. The number of rotatable bonds is 4. The average molecular weight is 540 g/mol. The molecule has 0 radical (unpaired) electrons. The molecule has 11 heteroatoms. The highest BCUT2D eigenvalue weighted by molar-refractivity contribution is 14.0. The van der Waals surface area contributed by atoms with Crippen molar-refractivity contribution in [2.45, 2.75) is 25.7 Å². The number of halogens is 5. The highest BCUT2D eigenvalue weighted by Crippen LogP contribution is 2.25. The molecule has 0 saturated carbocycles. The number of alkyl halides is 3. The van der Waals surface area contributed by atoms with Crippen LogP contribution in [0.1, 0.15) is 12.5 Å². The minimum absolute atomic E-state index is 0. The summed E-state index contributed by atoms with van der Waals surface area (Å²) in [4.78, 5) is 11.5. The van der Waals surface area contributed by atoms with Crippen molar-refractivity contribution in [1.29, 1.82) is 0 Å². The number of piperazine rings is 1. The summed E-state index contributed by atoms with van der Waals surface area (Å²) in [6.45, 7) is 3.02. The van der Waals surface area contributed by atoms with Crippen LogP contribution in [-0.4, -0.2) is 70.8 Å². The Hall–Kier alpha value is -1.89. The van der Waals surface area contributed by atoms with Crippen molar-refractivity contribution >= 4 is 29.9 Å². The Balaban J connectivity index is 0.00000320. The lowest BCUT2D eigenvalue weighted by molar-refractivity contribution is -0.181. The zero-order valence-corrected chi connectivity index (χ0v) is 19.1. The second-order valence-corrected chi connectivity index (χ2v) is 6.90. The third kappa shape index (κ3) is 5.84. The molecule has 2 aromatic rings. The van der Waals surface area contributed by atoms with Gasteiger partial charge in [-0.25, -0.2) is 9.37 Å². The van der Waals surface area contributed by atoms with E-state index in [-0.39, 0.29) is 29.8 Å². The van der Waals surface area contributed by atoms with Crippen LogP contribution in [0.2, 0.25) is 0 Å². The standard InChI is InChI=1S/C19H24F4N6.HI/c1-14(19(21,22)23)27-7-9-28(10-8-27)18(24-2)26-12-15-3-4-17(16(20)11-15)29-6-5-25-13-29;/h3-6,11,13-14H,7-10,12H2,1-2H3,(H,24,26);1H. The van der Waals surface area contributed by atoms with Gasteiger partial charge in [0.25, 0.3) is 0 Å². The van der Waals surface area contributed by atoms with Crippen LogP contribution in [-0.2, 0) is 6.54 Å². The summed E-state index contributed by atoms with van der Waals surface area (Å²) in [5, 5.41) is 3.16. The predicted octanol–water partition coefficient (Wildman–Crippen LogP) is 3.27. The highest BCUT2D eigenvalue weighted by Gasteiger charge is 2.41. The minimum Gasteiger partial charge on any atom is -0.352 e. The summed E-state index contributed by atoms with van der Waals surface area (Å²) < 4.78 is 54.6. The van der Waals surface area contributed by atoms with Crippen molar-refractivity contribution < 1.29 is 17.6 Å². The van der Waals surface area contributed by atoms with E-state index in [9.17, 15) is 17.6 Å². The summed E-state index contributed by atoms with van der Waals surface area (Å²) in [5.74, 6) is 0.218. The Labute approximate surface area is 190 Å². The Morgan fingerprint density at radius 1 is 1.23 bits per heavy atom. The third-order valence-electron chi connectivity index (χ3n) is 5.09. The molecule has 1 unspecified atom stereocenters. The molecule has 1 fully saturated rings. The van der Waals surface area contributed by atoms with Gasteiger partial charge in [0.15, 0.2) is 5.96 Å². The van der Waals surface area contributed by atoms with Crippen molar-refractivity contribution in [2.24, 2.45) is 4.99 Å². The Morgan fingerprint density at radius 3 is 2.47 bits per heavy atom. The third-order valence-corrected chi connectivity index (χ3v) is 5.09. The molecule has 1 aromatic carbocycles. The van der Waals surface area contributed by atoms with Crippen LogP contribution in [0, 0.1) is 5.82 Å². The maximum Gasteiger partial charge on any atom is 0.403 e. The van der Waals surface area contributed by atoms with Gasteiger partial charge >= 0.3 is 6.18 Å². The Kier molecular flexibility index (Phi) is 8.47. The Morgan fingerprint density at radius 2 is 1.93 bits per heavy atom. The molecule has 1 saturated heterocycles. The van der Waals surface area contributed by atoms with E-state index in [1.165, 1.54) is 24.2 Å². The first-order valence-corrected chi connectivity index (χ1v) is 9.32. The van der Waals surface area contributed by atoms with Crippen LogP contribution in [0.3, 0.4) is 0 Å². The van der Waals surface area contributed by atoms with Crippen molar-refractivity contribution in [3.8, 4) is 5.69 Å². The molecule has 6 nitrogen and oxygen atoms in total. The maximum atomic E-state index is 14.4. The summed E-state index contributed by atoms with van der Waals surface area (Å²) in [6.07, 6.45) is 0.540. The van der Waals surface area contributed by atoms with E-state index in [4.69, 9.17) is 0 Å². The largest absolute Gasteiger partial charge is 0.403 e. The van der Waals surface area contributed by atoms with Gasteiger partial charge in [-0.1, -0.05) is 6.07 Å². The number of aromatic nitrogens is 2. The molecule has 2 heterocycles. The average Bonchev–Trinajstić information content (AvgIpc) is 3.22. The molecule has 1 aliphatic heterocycles. The Bertz CT molecular complexity index is 832. The van der Waals surface area contributed by atoms with Crippen LogP contribution in [0.25, 0.3) is 5.69 Å². The fraction of sp³-hybridized carbons (Fsp3) is 0.474. The number of aliphatic imine (C=N–C) groups is 1. The molecule has 1 atom stereocenters. The molecule has 3 rings (SSSR count). The second-order valence-electron chi connectivity index (χ2n) is 6.90. The topological polar surface area (TPSA) is 48.7 Å². The first-order chi connectivity index (χ1) is 13.8. The summed E-state index contributed by atoms with van der Waals surface area (Å²) >= 11 is 0. The zero-order valence-electron chi connectivity index (χ0n) is 16.7. The van der Waals surface area contributed by atoms with E-state index in [1.807, 2.05) is 11.0 Å². The van der Waals surface area contributed by atoms with Gasteiger partial charge in [0.2, 0.25) is 0 Å². The predicted molar refractivity (Wildman–Crippen MR) is 118 cm³/mol. The van der Waals surface area contributed by atoms with E-state index in [0.29, 0.717) is 44.4 Å². The number of guanidine groups is 1. The molecule has 0 aliphatic carbocycles. The van der Waals surface area contributed by atoms with Crippen molar-refractivity contribution in [3.63, 3.8) is 0 Å². The van der Waals surface area contributed by atoms with Gasteiger partial charge in [0.1, 0.15) is 11.9 Å². The van der Waals surface area contributed by atoms with Gasteiger partial charge in [-0.2, -0.15) is 13.2 Å². The first kappa shape index (κ1) is 24.4. The number of benzene rings is 1. The van der Waals surface area contributed by atoms with Crippen LogP contribution >= 0.6 is 24.0 Å². The summed E-state index contributed by atoms with van der Waals surface area (Å²) in [6, 6.07) is 3.46. The molecule has 0 bridgehead atoms. The SMILES string of the molecule is CN=C(NCc1ccc(-n2ccnc2)c(F)c1)N1CCN(C(C)C(F)(F)F)CC1.I. The quantitative estimate of drug-likeness (QED) is 0.280. The van der Waals surface area contributed by atoms with Gasteiger partial charge in [-0.3, -0.25) is 9.89 Å². The fourth-order valence-electron chi connectivity index (χ4n) is 3.31. The molecular formula is C19H25F4IN6. The van der Waals surface area contributed by atoms with Gasteiger partial charge in [-0.05, 0) is 24.6 Å². The van der Waals surface area contributed by atoms with Crippen LogP contribution < -0.4 is 5.32 Å². The van der Waals surface area contributed by atoms with Crippen molar-refractivity contribution in [2.75, 3.05) is 33.2 Å². The summed E-state index contributed by atoms with van der Waals surface area (Å²) in [5.41, 5.74) is 1.14. The van der Waals surface area contributed by atoms with Crippen molar-refractivity contribution in [3.05, 3.63) is 48.3 Å². The molecule has 0 amide bonds. The van der Waals surface area contributed by atoms with E-state index in [2.05, 4.69) is 15.3 Å². The normalized spacial score (nSPS) is 16.9. The van der Waals surface area contributed by atoms with E-state index >= 15 is 0 Å². The number of hydrogen-bond acceptors (Lipinski definition) is 3. The molecule has 1 aromatic heterocycles. The molecule has 0 spiro atoms. The van der Waals surface area contributed by atoms with E-state index in [0.717, 1.165) is 5.56 Å². The lowest BCUT2D eigenvalue weighted by Crippen LogP contribution is -2.56. The molecular weight excluding hydrogens is 515 g/mol. The van der Waals surface area contributed by atoms with E-state index < -0.39 is 12.2 Å². The lowest BCUT2D eigenvalue weighted by atomic mass is 10.2. The monoisotopic (exact) mass is 540 g/mol. The van der Waals surface area contributed by atoms with Gasteiger partial charge in [-0.15, -0.1) is 24.0 Å². The number of imidazole rings is 1. The fourth-order valence-corrected chi connectivity index (χ4v) is 3.31. The van der Waals surface area contributed by atoms with Crippen LogP contribution in [0.4, 0.5) is 17.6 Å².